The fourth-order valence-corrected chi connectivity index (χ4v) is 2.02. The molecule has 2 rings (SSSR count). The van der Waals surface area contributed by atoms with Gasteiger partial charge in [-0.3, -0.25) is 0 Å². The summed E-state index contributed by atoms with van der Waals surface area (Å²) in [5.41, 5.74) is 0.627. The molecule has 0 atom stereocenters. The number of sulfone groups is 1. The van der Waals surface area contributed by atoms with E-state index in [4.69, 9.17) is 4.52 Å². The Morgan fingerprint density at radius 3 is 2.87 bits per heavy atom. The van der Waals surface area contributed by atoms with Crippen molar-refractivity contribution in [3.05, 3.63) is 29.7 Å². The smallest absolute Gasteiger partial charge is 0.167 e. The Bertz CT molecular complexity index is 603. The van der Waals surface area contributed by atoms with Crippen molar-refractivity contribution >= 4 is 20.8 Å². The minimum absolute atomic E-state index is 0.243. The summed E-state index contributed by atoms with van der Waals surface area (Å²) in [5.74, 6) is -0.691. The van der Waals surface area contributed by atoms with E-state index in [9.17, 15) is 12.8 Å². The molecule has 1 aromatic carbocycles. The summed E-state index contributed by atoms with van der Waals surface area (Å²) < 4.78 is 39.9. The van der Waals surface area contributed by atoms with E-state index in [0.717, 1.165) is 6.26 Å². The lowest BCUT2D eigenvalue weighted by Crippen LogP contribution is -2.01. The van der Waals surface area contributed by atoms with Gasteiger partial charge in [-0.2, -0.15) is 0 Å². The Kier molecular flexibility index (Phi) is 2.22. The Morgan fingerprint density at radius 1 is 1.47 bits per heavy atom. The van der Waals surface area contributed by atoms with Gasteiger partial charge in [0.15, 0.2) is 15.4 Å². The molecule has 4 nitrogen and oxygen atoms in total. The van der Waals surface area contributed by atoms with Gasteiger partial charge in [0.25, 0.3) is 0 Å². The first-order chi connectivity index (χ1) is 6.96. The third-order valence-electron chi connectivity index (χ3n) is 1.91. The van der Waals surface area contributed by atoms with E-state index in [1.807, 2.05) is 0 Å². The number of hydrogen-bond donors (Lipinski definition) is 0. The molecule has 6 heteroatoms. The molecule has 0 aliphatic rings. The summed E-state index contributed by atoms with van der Waals surface area (Å²) in [4.78, 5) is 0. The van der Waals surface area contributed by atoms with Crippen LogP contribution in [0.2, 0.25) is 0 Å². The largest absolute Gasteiger partial charge is 0.356 e. The lowest BCUT2D eigenvalue weighted by Gasteiger charge is -1.93. The summed E-state index contributed by atoms with van der Waals surface area (Å²) in [7, 11) is -3.20. The number of rotatable bonds is 2. The molecule has 80 valence electrons. The van der Waals surface area contributed by atoms with Crippen LogP contribution in [-0.2, 0) is 15.6 Å². The van der Waals surface area contributed by atoms with Crippen molar-refractivity contribution in [1.82, 2.24) is 5.16 Å². The average molecular weight is 229 g/mol. The molecule has 0 bridgehead atoms. The van der Waals surface area contributed by atoms with Gasteiger partial charge in [-0.15, -0.1) is 0 Å². The fourth-order valence-electron chi connectivity index (χ4n) is 1.31. The van der Waals surface area contributed by atoms with Crippen LogP contribution in [0, 0.1) is 5.82 Å². The Morgan fingerprint density at radius 2 is 2.20 bits per heavy atom. The van der Waals surface area contributed by atoms with Crippen LogP contribution >= 0.6 is 0 Å². The van der Waals surface area contributed by atoms with Gasteiger partial charge in [-0.05, 0) is 18.2 Å². The summed E-state index contributed by atoms with van der Waals surface area (Å²) in [6.45, 7) is 0. The van der Waals surface area contributed by atoms with Crippen LogP contribution < -0.4 is 0 Å². The summed E-state index contributed by atoms with van der Waals surface area (Å²) in [6, 6.07) is 3.87. The van der Waals surface area contributed by atoms with Crippen molar-refractivity contribution in [1.29, 1.82) is 0 Å². The molecule has 1 aromatic heterocycles. The van der Waals surface area contributed by atoms with Gasteiger partial charge >= 0.3 is 0 Å². The maximum absolute atomic E-state index is 12.9. The number of fused-ring (bicyclic) bond motifs is 1. The zero-order chi connectivity index (χ0) is 11.1. The van der Waals surface area contributed by atoms with Gasteiger partial charge in [0.2, 0.25) is 0 Å². The zero-order valence-corrected chi connectivity index (χ0v) is 8.71. The number of halogens is 1. The van der Waals surface area contributed by atoms with E-state index >= 15 is 0 Å². The Labute approximate surface area is 85.6 Å². The molecule has 0 aliphatic carbocycles. The quantitative estimate of drug-likeness (QED) is 0.783. The van der Waals surface area contributed by atoms with Gasteiger partial charge in [0.1, 0.15) is 11.5 Å². The van der Waals surface area contributed by atoms with Crippen molar-refractivity contribution < 1.29 is 17.3 Å². The molecule has 15 heavy (non-hydrogen) atoms. The van der Waals surface area contributed by atoms with Crippen molar-refractivity contribution in [2.24, 2.45) is 0 Å². The standard InChI is InChI=1S/C9H8FNO3S/c1-15(12,13)5-8-7-4-6(10)2-3-9(7)14-11-8/h2-4H,5H2,1H3. The van der Waals surface area contributed by atoms with Crippen LogP contribution in [0.15, 0.2) is 22.7 Å². The predicted octanol–water partition coefficient (Wildman–Crippen LogP) is 1.51. The van der Waals surface area contributed by atoms with Crippen molar-refractivity contribution in [3.63, 3.8) is 0 Å². The van der Waals surface area contributed by atoms with Crippen molar-refractivity contribution in [2.45, 2.75) is 5.75 Å². The molecule has 2 aromatic rings. The first kappa shape index (κ1) is 10.1. The SMILES string of the molecule is CS(=O)(=O)Cc1noc2ccc(F)cc12. The Balaban J connectivity index is 2.57. The van der Waals surface area contributed by atoms with E-state index in [1.54, 1.807) is 0 Å². The van der Waals surface area contributed by atoms with Gasteiger partial charge in [0.05, 0.1) is 5.75 Å². The maximum atomic E-state index is 12.9. The van der Waals surface area contributed by atoms with Gasteiger partial charge in [-0.25, -0.2) is 12.8 Å². The van der Waals surface area contributed by atoms with Crippen molar-refractivity contribution in [2.75, 3.05) is 6.26 Å². The molecule has 0 N–H and O–H groups in total. The second-order valence-electron chi connectivity index (χ2n) is 3.34. The minimum atomic E-state index is -3.20. The maximum Gasteiger partial charge on any atom is 0.167 e. The molecule has 0 radical (unpaired) electrons. The minimum Gasteiger partial charge on any atom is -0.356 e. The molecule has 1 heterocycles. The molecule has 0 saturated heterocycles. The first-order valence-corrected chi connectivity index (χ1v) is 6.23. The fraction of sp³-hybridized carbons (Fsp3) is 0.222. The first-order valence-electron chi connectivity index (χ1n) is 4.17. The van der Waals surface area contributed by atoms with Gasteiger partial charge in [-0.1, -0.05) is 5.16 Å². The van der Waals surface area contributed by atoms with Crippen LogP contribution in [0.25, 0.3) is 11.0 Å². The second-order valence-corrected chi connectivity index (χ2v) is 5.48. The lowest BCUT2D eigenvalue weighted by molar-refractivity contribution is 0.448. The van der Waals surface area contributed by atoms with E-state index in [2.05, 4.69) is 5.16 Å². The highest BCUT2D eigenvalue weighted by molar-refractivity contribution is 7.89. The summed E-state index contributed by atoms with van der Waals surface area (Å²) >= 11 is 0. The molecular weight excluding hydrogens is 221 g/mol. The average Bonchev–Trinajstić information content (AvgIpc) is 2.46. The third kappa shape index (κ3) is 2.15. The predicted molar refractivity (Wildman–Crippen MR) is 52.5 cm³/mol. The normalized spacial score (nSPS) is 12.1. The molecule has 0 amide bonds. The second kappa shape index (κ2) is 3.30. The van der Waals surface area contributed by atoms with E-state index in [0.29, 0.717) is 11.0 Å². The number of hydrogen-bond acceptors (Lipinski definition) is 4. The molecule has 0 fully saturated rings. The zero-order valence-electron chi connectivity index (χ0n) is 7.90. The molecule has 0 spiro atoms. The number of benzene rings is 1. The van der Waals surface area contributed by atoms with Crippen LogP contribution in [-0.4, -0.2) is 19.8 Å². The Hall–Kier alpha value is -1.43. The molecule has 0 aliphatic heterocycles. The lowest BCUT2D eigenvalue weighted by atomic mass is 10.2. The molecule has 0 saturated carbocycles. The number of nitrogens with zero attached hydrogens (tertiary/aromatic N) is 1. The van der Waals surface area contributed by atoms with Crippen LogP contribution in [0.3, 0.4) is 0 Å². The highest BCUT2D eigenvalue weighted by atomic mass is 32.2. The van der Waals surface area contributed by atoms with Gasteiger partial charge in [0, 0.05) is 11.6 Å². The van der Waals surface area contributed by atoms with E-state index < -0.39 is 15.7 Å². The summed E-state index contributed by atoms with van der Waals surface area (Å²) in [6.07, 6.45) is 1.09. The third-order valence-corrected chi connectivity index (χ3v) is 2.70. The monoisotopic (exact) mass is 229 g/mol. The van der Waals surface area contributed by atoms with Crippen molar-refractivity contribution in [3.8, 4) is 0 Å². The van der Waals surface area contributed by atoms with Crippen LogP contribution in [0.4, 0.5) is 4.39 Å². The van der Waals surface area contributed by atoms with E-state index in [1.165, 1.54) is 18.2 Å². The highest BCUT2D eigenvalue weighted by Crippen LogP contribution is 2.20. The van der Waals surface area contributed by atoms with Gasteiger partial charge < -0.3 is 4.52 Å². The molecular formula is C9H8FNO3S. The highest BCUT2D eigenvalue weighted by Gasteiger charge is 2.13. The van der Waals surface area contributed by atoms with E-state index in [-0.39, 0.29) is 11.4 Å². The van der Waals surface area contributed by atoms with Crippen LogP contribution in [0.1, 0.15) is 5.69 Å². The van der Waals surface area contributed by atoms with Crippen LogP contribution in [0.5, 0.6) is 0 Å². The molecule has 0 unspecified atom stereocenters. The number of aromatic nitrogens is 1. The summed E-state index contributed by atoms with van der Waals surface area (Å²) in [5, 5.41) is 4.00. The topological polar surface area (TPSA) is 60.2 Å².